The molecule has 1 aromatic heterocycles. The van der Waals surface area contributed by atoms with Crippen molar-refractivity contribution in [2.75, 3.05) is 0 Å². The molecule has 0 saturated carbocycles. The minimum absolute atomic E-state index is 0.132. The number of amides is 1. The lowest BCUT2D eigenvalue weighted by molar-refractivity contribution is 0.0950. The van der Waals surface area contributed by atoms with Gasteiger partial charge in [-0.05, 0) is 58.1 Å². The van der Waals surface area contributed by atoms with Crippen LogP contribution >= 0.6 is 27.3 Å². The van der Waals surface area contributed by atoms with Gasteiger partial charge in [0.05, 0.1) is 6.54 Å². The molecule has 1 amide bonds. The summed E-state index contributed by atoms with van der Waals surface area (Å²) in [6.45, 7) is 2.30. The van der Waals surface area contributed by atoms with Crippen molar-refractivity contribution in [2.24, 2.45) is 0 Å². The Morgan fingerprint density at radius 1 is 1.44 bits per heavy atom. The number of carbonyl (C=O) groups excluding carboxylic acids is 1. The van der Waals surface area contributed by atoms with Gasteiger partial charge in [-0.3, -0.25) is 4.79 Å². The third-order valence-electron chi connectivity index (χ3n) is 2.56. The van der Waals surface area contributed by atoms with Gasteiger partial charge in [-0.2, -0.15) is 0 Å². The maximum absolute atomic E-state index is 12.0. The molecule has 1 heterocycles. The number of hydrogen-bond acceptors (Lipinski definition) is 3. The van der Waals surface area contributed by atoms with Crippen molar-refractivity contribution in [1.82, 2.24) is 5.32 Å². The summed E-state index contributed by atoms with van der Waals surface area (Å²) in [5.74, 6) is 0.0397. The van der Waals surface area contributed by atoms with Crippen LogP contribution in [0, 0.1) is 6.92 Å². The molecule has 0 aliphatic carbocycles. The predicted octanol–water partition coefficient (Wildman–Crippen LogP) is 3.45. The number of rotatable bonds is 3. The quantitative estimate of drug-likeness (QED) is 0.908. The lowest BCUT2D eigenvalue weighted by Crippen LogP contribution is -2.23. The Labute approximate surface area is 118 Å². The molecule has 2 aromatic rings. The highest BCUT2D eigenvalue weighted by atomic mass is 79.9. The molecule has 0 aliphatic rings. The van der Waals surface area contributed by atoms with Crippen LogP contribution in [0.2, 0.25) is 0 Å². The molecule has 1 aromatic carbocycles. The largest absolute Gasteiger partial charge is 0.508 e. The molecule has 3 nitrogen and oxygen atoms in total. The lowest BCUT2D eigenvalue weighted by atomic mass is 10.1. The van der Waals surface area contributed by atoms with E-state index in [-0.39, 0.29) is 11.7 Å². The van der Waals surface area contributed by atoms with Gasteiger partial charge in [0.1, 0.15) is 5.75 Å². The summed E-state index contributed by atoms with van der Waals surface area (Å²) < 4.78 is 1.01. The highest BCUT2D eigenvalue weighted by molar-refractivity contribution is 9.10. The van der Waals surface area contributed by atoms with E-state index in [1.54, 1.807) is 30.4 Å². The van der Waals surface area contributed by atoms with Gasteiger partial charge in [0.25, 0.3) is 5.91 Å². The number of hydrogen-bond donors (Lipinski definition) is 2. The number of aryl methyl sites for hydroxylation is 1. The topological polar surface area (TPSA) is 49.3 Å². The van der Waals surface area contributed by atoms with Crippen LogP contribution in [0.25, 0.3) is 0 Å². The van der Waals surface area contributed by atoms with E-state index in [1.807, 2.05) is 11.4 Å². The van der Waals surface area contributed by atoms with E-state index in [1.165, 1.54) is 6.07 Å². The van der Waals surface area contributed by atoms with Crippen LogP contribution in [0.3, 0.4) is 0 Å². The SMILES string of the molecule is Cc1cc(O)ccc1C(=O)NCc1sccc1Br. The second-order valence-electron chi connectivity index (χ2n) is 3.87. The molecule has 18 heavy (non-hydrogen) atoms. The van der Waals surface area contributed by atoms with Crippen molar-refractivity contribution in [2.45, 2.75) is 13.5 Å². The van der Waals surface area contributed by atoms with Crippen molar-refractivity contribution < 1.29 is 9.90 Å². The average Bonchev–Trinajstić information content (AvgIpc) is 2.72. The maximum atomic E-state index is 12.0. The number of phenolic OH excluding ortho intramolecular Hbond substituents is 1. The molecule has 2 rings (SSSR count). The fourth-order valence-corrected chi connectivity index (χ4v) is 3.04. The smallest absolute Gasteiger partial charge is 0.251 e. The highest BCUT2D eigenvalue weighted by Crippen LogP contribution is 2.22. The summed E-state index contributed by atoms with van der Waals surface area (Å²) in [6.07, 6.45) is 0. The number of halogens is 1. The fraction of sp³-hybridized carbons (Fsp3) is 0.154. The van der Waals surface area contributed by atoms with Crippen LogP contribution in [-0.2, 0) is 6.54 Å². The molecule has 0 saturated heterocycles. The molecule has 0 aliphatic heterocycles. The zero-order chi connectivity index (χ0) is 13.1. The third-order valence-corrected chi connectivity index (χ3v) is 4.48. The Morgan fingerprint density at radius 3 is 2.83 bits per heavy atom. The molecule has 0 radical (unpaired) electrons. The van der Waals surface area contributed by atoms with Crippen molar-refractivity contribution in [3.8, 4) is 5.75 Å². The second kappa shape index (κ2) is 5.54. The molecule has 0 spiro atoms. The number of thiophene rings is 1. The number of nitrogens with one attached hydrogen (secondary N) is 1. The van der Waals surface area contributed by atoms with E-state index in [0.29, 0.717) is 12.1 Å². The molecule has 0 bridgehead atoms. The van der Waals surface area contributed by atoms with Gasteiger partial charge in [0.15, 0.2) is 0 Å². The Kier molecular flexibility index (Phi) is 4.04. The average molecular weight is 326 g/mol. The zero-order valence-electron chi connectivity index (χ0n) is 9.74. The van der Waals surface area contributed by atoms with E-state index in [2.05, 4.69) is 21.2 Å². The van der Waals surface area contributed by atoms with E-state index in [9.17, 15) is 9.90 Å². The van der Waals surface area contributed by atoms with E-state index in [0.717, 1.165) is 14.9 Å². The van der Waals surface area contributed by atoms with Gasteiger partial charge in [0, 0.05) is 14.9 Å². The molecule has 0 unspecified atom stereocenters. The number of carbonyl (C=O) groups is 1. The standard InChI is InChI=1S/C13H12BrNO2S/c1-8-6-9(16)2-3-10(8)13(17)15-7-12-11(14)4-5-18-12/h2-6,16H,7H2,1H3,(H,15,17). The van der Waals surface area contributed by atoms with E-state index < -0.39 is 0 Å². The van der Waals surface area contributed by atoms with Gasteiger partial charge in [-0.15, -0.1) is 11.3 Å². The van der Waals surface area contributed by atoms with Gasteiger partial charge >= 0.3 is 0 Å². The summed E-state index contributed by atoms with van der Waals surface area (Å²) >= 11 is 5.01. The minimum atomic E-state index is -0.132. The van der Waals surface area contributed by atoms with Crippen molar-refractivity contribution in [3.05, 3.63) is 50.1 Å². The monoisotopic (exact) mass is 325 g/mol. The fourth-order valence-electron chi connectivity index (χ4n) is 1.61. The number of phenols is 1. The Balaban J connectivity index is 2.06. The first-order valence-corrected chi connectivity index (χ1v) is 7.05. The molecular formula is C13H12BrNO2S. The normalized spacial score (nSPS) is 10.3. The molecular weight excluding hydrogens is 314 g/mol. The Morgan fingerprint density at radius 2 is 2.22 bits per heavy atom. The summed E-state index contributed by atoms with van der Waals surface area (Å²) in [6, 6.07) is 6.68. The number of aromatic hydroxyl groups is 1. The summed E-state index contributed by atoms with van der Waals surface area (Å²) in [5, 5.41) is 14.1. The van der Waals surface area contributed by atoms with Crippen molar-refractivity contribution in [1.29, 1.82) is 0 Å². The maximum Gasteiger partial charge on any atom is 0.251 e. The molecule has 5 heteroatoms. The second-order valence-corrected chi connectivity index (χ2v) is 5.73. The van der Waals surface area contributed by atoms with Crippen LogP contribution in [0.15, 0.2) is 34.1 Å². The Bertz CT molecular complexity index is 580. The Hall–Kier alpha value is -1.33. The van der Waals surface area contributed by atoms with Crippen LogP contribution in [0.1, 0.15) is 20.8 Å². The van der Waals surface area contributed by atoms with Crippen molar-refractivity contribution in [3.63, 3.8) is 0 Å². The molecule has 2 N–H and O–H groups in total. The zero-order valence-corrected chi connectivity index (χ0v) is 12.1. The first-order valence-electron chi connectivity index (χ1n) is 5.37. The van der Waals surface area contributed by atoms with Crippen molar-refractivity contribution >= 4 is 33.2 Å². The first kappa shape index (κ1) is 13.1. The van der Waals surface area contributed by atoms with Gasteiger partial charge in [0.2, 0.25) is 0 Å². The van der Waals surface area contributed by atoms with Crippen LogP contribution in [0.5, 0.6) is 5.75 Å². The summed E-state index contributed by atoms with van der Waals surface area (Å²) in [7, 11) is 0. The lowest BCUT2D eigenvalue weighted by Gasteiger charge is -2.07. The highest BCUT2D eigenvalue weighted by Gasteiger charge is 2.10. The molecule has 0 atom stereocenters. The van der Waals surface area contributed by atoms with Crippen LogP contribution < -0.4 is 5.32 Å². The summed E-state index contributed by atoms with van der Waals surface area (Å²) in [5.41, 5.74) is 1.35. The third kappa shape index (κ3) is 2.91. The first-order chi connectivity index (χ1) is 8.58. The van der Waals surface area contributed by atoms with E-state index >= 15 is 0 Å². The molecule has 94 valence electrons. The number of benzene rings is 1. The minimum Gasteiger partial charge on any atom is -0.508 e. The predicted molar refractivity (Wildman–Crippen MR) is 76.0 cm³/mol. The molecule has 0 fully saturated rings. The van der Waals surface area contributed by atoms with Crippen LogP contribution in [0.4, 0.5) is 0 Å². The van der Waals surface area contributed by atoms with Crippen LogP contribution in [-0.4, -0.2) is 11.0 Å². The van der Waals surface area contributed by atoms with E-state index in [4.69, 9.17) is 0 Å². The van der Waals surface area contributed by atoms with Gasteiger partial charge in [-0.1, -0.05) is 0 Å². The summed E-state index contributed by atoms with van der Waals surface area (Å²) in [4.78, 5) is 13.1. The van der Waals surface area contributed by atoms with Gasteiger partial charge < -0.3 is 10.4 Å². The van der Waals surface area contributed by atoms with Gasteiger partial charge in [-0.25, -0.2) is 0 Å².